The molecule has 1 aromatic carbocycles. The summed E-state index contributed by atoms with van der Waals surface area (Å²) in [6, 6.07) is 9.04. The summed E-state index contributed by atoms with van der Waals surface area (Å²) in [5.41, 5.74) is 1.66. The Morgan fingerprint density at radius 2 is 2.20 bits per heavy atom. The van der Waals surface area contributed by atoms with E-state index in [0.717, 1.165) is 4.47 Å². The third-order valence-electron chi connectivity index (χ3n) is 3.42. The van der Waals surface area contributed by atoms with Gasteiger partial charge in [-0.15, -0.1) is 0 Å². The van der Waals surface area contributed by atoms with Crippen molar-refractivity contribution in [3.8, 4) is 0 Å². The number of benzene rings is 1. The molecule has 2 rings (SSSR count). The fourth-order valence-corrected chi connectivity index (χ4v) is 2.77. The maximum absolute atomic E-state index is 3.64. The zero-order valence-electron chi connectivity index (χ0n) is 9.39. The molecule has 1 aliphatic carbocycles. The minimum Gasteiger partial charge on any atom is -0.382 e. The van der Waals surface area contributed by atoms with Crippen LogP contribution < -0.4 is 5.32 Å². The summed E-state index contributed by atoms with van der Waals surface area (Å²) in [5, 5.41) is 3.64. The average Bonchev–Trinajstić information content (AvgIpc) is 2.46. The van der Waals surface area contributed by atoms with Crippen LogP contribution in [0.5, 0.6) is 0 Å². The second-order valence-corrected chi connectivity index (χ2v) is 6.00. The van der Waals surface area contributed by atoms with Crippen molar-refractivity contribution in [2.45, 2.75) is 39.2 Å². The second-order valence-electron chi connectivity index (χ2n) is 5.09. The van der Waals surface area contributed by atoms with Crippen molar-refractivity contribution in [2.75, 3.05) is 5.32 Å². The standard InChI is InChI=1S/C13H18BrN/c1-13(2)8-4-7-12(13)15-11-6-3-5-10(14)9-11/h3,5-6,9,12,15H,4,7-8H2,1-2H3. The van der Waals surface area contributed by atoms with Gasteiger partial charge < -0.3 is 5.32 Å². The Morgan fingerprint density at radius 3 is 2.80 bits per heavy atom. The lowest BCUT2D eigenvalue weighted by molar-refractivity contribution is 0.350. The Morgan fingerprint density at radius 1 is 1.40 bits per heavy atom. The number of hydrogen-bond donors (Lipinski definition) is 1. The monoisotopic (exact) mass is 267 g/mol. The molecule has 0 spiro atoms. The molecule has 82 valence electrons. The number of hydrogen-bond acceptors (Lipinski definition) is 1. The maximum atomic E-state index is 3.64. The molecule has 15 heavy (non-hydrogen) atoms. The zero-order chi connectivity index (χ0) is 10.9. The van der Waals surface area contributed by atoms with Crippen molar-refractivity contribution >= 4 is 21.6 Å². The maximum Gasteiger partial charge on any atom is 0.0353 e. The van der Waals surface area contributed by atoms with Gasteiger partial charge in [-0.2, -0.15) is 0 Å². The number of rotatable bonds is 2. The van der Waals surface area contributed by atoms with Crippen LogP contribution in [0.25, 0.3) is 0 Å². The second kappa shape index (κ2) is 4.17. The Bertz CT molecular complexity index is 346. The van der Waals surface area contributed by atoms with Crippen LogP contribution >= 0.6 is 15.9 Å². The van der Waals surface area contributed by atoms with E-state index >= 15 is 0 Å². The molecule has 0 heterocycles. The molecule has 1 nitrogen and oxygen atoms in total. The smallest absolute Gasteiger partial charge is 0.0353 e. The third-order valence-corrected chi connectivity index (χ3v) is 3.92. The molecular formula is C13H18BrN. The quantitative estimate of drug-likeness (QED) is 0.836. The summed E-state index contributed by atoms with van der Waals surface area (Å²) in [6.45, 7) is 4.71. The van der Waals surface area contributed by atoms with Crippen molar-refractivity contribution in [2.24, 2.45) is 5.41 Å². The van der Waals surface area contributed by atoms with E-state index in [1.165, 1.54) is 24.9 Å². The summed E-state index contributed by atoms with van der Waals surface area (Å²) in [7, 11) is 0. The van der Waals surface area contributed by atoms with E-state index in [4.69, 9.17) is 0 Å². The summed E-state index contributed by atoms with van der Waals surface area (Å²) >= 11 is 3.50. The summed E-state index contributed by atoms with van der Waals surface area (Å²) in [5.74, 6) is 0. The van der Waals surface area contributed by atoms with Gasteiger partial charge in [0.15, 0.2) is 0 Å². The molecule has 1 atom stereocenters. The highest BCUT2D eigenvalue weighted by Crippen LogP contribution is 2.39. The minimum atomic E-state index is 0.433. The fourth-order valence-electron chi connectivity index (χ4n) is 2.37. The van der Waals surface area contributed by atoms with Crippen LogP contribution in [-0.2, 0) is 0 Å². The average molecular weight is 268 g/mol. The molecule has 2 heteroatoms. The van der Waals surface area contributed by atoms with E-state index in [0.29, 0.717) is 11.5 Å². The predicted octanol–water partition coefficient (Wildman–Crippen LogP) is 4.44. The fraction of sp³-hybridized carbons (Fsp3) is 0.538. The van der Waals surface area contributed by atoms with Crippen LogP contribution in [0.3, 0.4) is 0 Å². The Kier molecular flexibility index (Phi) is 3.06. The van der Waals surface area contributed by atoms with Gasteiger partial charge in [0, 0.05) is 16.2 Å². The molecule has 0 bridgehead atoms. The van der Waals surface area contributed by atoms with Crippen molar-refractivity contribution in [1.29, 1.82) is 0 Å². The van der Waals surface area contributed by atoms with Gasteiger partial charge in [0.05, 0.1) is 0 Å². The lowest BCUT2D eigenvalue weighted by Crippen LogP contribution is -2.30. The van der Waals surface area contributed by atoms with Gasteiger partial charge in [0.2, 0.25) is 0 Å². The molecule has 1 aromatic rings. The molecule has 1 saturated carbocycles. The molecule has 0 amide bonds. The van der Waals surface area contributed by atoms with E-state index in [1.807, 2.05) is 0 Å². The van der Waals surface area contributed by atoms with Crippen LogP contribution in [0.15, 0.2) is 28.7 Å². The molecule has 1 fully saturated rings. The summed E-state index contributed by atoms with van der Waals surface area (Å²) in [4.78, 5) is 0. The molecule has 0 radical (unpaired) electrons. The first-order chi connectivity index (χ1) is 7.08. The SMILES string of the molecule is CC1(C)CCCC1Nc1cccc(Br)c1. The van der Waals surface area contributed by atoms with Gasteiger partial charge in [-0.1, -0.05) is 42.3 Å². The molecule has 0 aliphatic heterocycles. The Balaban J connectivity index is 2.09. The summed E-state index contributed by atoms with van der Waals surface area (Å²) < 4.78 is 1.14. The Hall–Kier alpha value is -0.500. The number of halogens is 1. The molecule has 0 aromatic heterocycles. The highest BCUT2D eigenvalue weighted by Gasteiger charge is 2.34. The molecule has 1 aliphatic rings. The minimum absolute atomic E-state index is 0.433. The topological polar surface area (TPSA) is 12.0 Å². The highest BCUT2D eigenvalue weighted by atomic mass is 79.9. The van der Waals surface area contributed by atoms with Crippen molar-refractivity contribution < 1.29 is 0 Å². The first-order valence-electron chi connectivity index (χ1n) is 5.60. The van der Waals surface area contributed by atoms with Gasteiger partial charge in [0.1, 0.15) is 0 Å². The van der Waals surface area contributed by atoms with Crippen LogP contribution in [0.1, 0.15) is 33.1 Å². The van der Waals surface area contributed by atoms with Crippen LogP contribution in [0.4, 0.5) is 5.69 Å². The molecule has 0 saturated heterocycles. The first kappa shape index (κ1) is 11.0. The largest absolute Gasteiger partial charge is 0.382 e. The van der Waals surface area contributed by atoms with E-state index in [-0.39, 0.29) is 0 Å². The van der Waals surface area contributed by atoms with E-state index in [2.05, 4.69) is 59.4 Å². The van der Waals surface area contributed by atoms with Gasteiger partial charge >= 0.3 is 0 Å². The number of nitrogens with one attached hydrogen (secondary N) is 1. The van der Waals surface area contributed by atoms with Gasteiger partial charge in [0.25, 0.3) is 0 Å². The third kappa shape index (κ3) is 2.54. The van der Waals surface area contributed by atoms with E-state index in [9.17, 15) is 0 Å². The molecule has 1 unspecified atom stereocenters. The van der Waals surface area contributed by atoms with Crippen LogP contribution in [0, 0.1) is 5.41 Å². The van der Waals surface area contributed by atoms with Crippen LogP contribution in [0.2, 0.25) is 0 Å². The first-order valence-corrected chi connectivity index (χ1v) is 6.39. The summed E-state index contributed by atoms with van der Waals surface area (Å²) in [6.07, 6.45) is 3.97. The molecule has 1 N–H and O–H groups in total. The van der Waals surface area contributed by atoms with Gasteiger partial charge in [-0.05, 0) is 36.5 Å². The lowest BCUT2D eigenvalue weighted by Gasteiger charge is -2.28. The predicted molar refractivity (Wildman–Crippen MR) is 69.2 cm³/mol. The van der Waals surface area contributed by atoms with Gasteiger partial charge in [-0.25, -0.2) is 0 Å². The number of anilines is 1. The Labute approximate surface area is 100 Å². The van der Waals surface area contributed by atoms with Crippen LogP contribution in [-0.4, -0.2) is 6.04 Å². The highest BCUT2D eigenvalue weighted by molar-refractivity contribution is 9.10. The van der Waals surface area contributed by atoms with Crippen molar-refractivity contribution in [1.82, 2.24) is 0 Å². The molecular weight excluding hydrogens is 250 g/mol. The van der Waals surface area contributed by atoms with Crippen molar-refractivity contribution in [3.63, 3.8) is 0 Å². The van der Waals surface area contributed by atoms with E-state index < -0.39 is 0 Å². The van der Waals surface area contributed by atoms with Gasteiger partial charge in [-0.3, -0.25) is 0 Å². The zero-order valence-corrected chi connectivity index (χ0v) is 11.0. The normalized spacial score (nSPS) is 24.1. The lowest BCUT2D eigenvalue weighted by atomic mass is 9.87. The van der Waals surface area contributed by atoms with Crippen molar-refractivity contribution in [3.05, 3.63) is 28.7 Å². The van der Waals surface area contributed by atoms with E-state index in [1.54, 1.807) is 0 Å².